The normalized spacial score (nSPS) is 14.2. The van der Waals surface area contributed by atoms with Crippen LogP contribution in [0.3, 0.4) is 0 Å². The van der Waals surface area contributed by atoms with Crippen molar-refractivity contribution in [2.24, 2.45) is 18.0 Å². The predicted octanol–water partition coefficient (Wildman–Crippen LogP) is 0.989. The Morgan fingerprint density at radius 2 is 2.04 bits per heavy atom. The molecule has 1 saturated carbocycles. The number of amides is 1. The molecule has 3 N–H and O–H groups in total. The summed E-state index contributed by atoms with van der Waals surface area (Å²) in [5.74, 6) is 2.79. The number of aryl methyl sites for hydroxylation is 1. The Balaban J connectivity index is 1.49. The molecule has 2 aromatic rings. The number of thiophene rings is 1. The van der Waals surface area contributed by atoms with Crippen LogP contribution in [0.15, 0.2) is 22.5 Å². The van der Waals surface area contributed by atoms with Crippen molar-refractivity contribution < 1.29 is 4.79 Å². The van der Waals surface area contributed by atoms with Crippen molar-refractivity contribution in [1.29, 1.82) is 0 Å². The zero-order chi connectivity index (χ0) is 19.1. The van der Waals surface area contributed by atoms with Gasteiger partial charge in [-0.2, -0.15) is 0 Å². The summed E-state index contributed by atoms with van der Waals surface area (Å²) in [5.41, 5.74) is 0. The van der Waals surface area contributed by atoms with Crippen LogP contribution in [-0.2, 0) is 24.8 Å². The summed E-state index contributed by atoms with van der Waals surface area (Å²) in [5, 5.41) is 19.9. The number of rotatable bonds is 9. The van der Waals surface area contributed by atoms with Gasteiger partial charge in [0.25, 0.3) is 0 Å². The van der Waals surface area contributed by atoms with Gasteiger partial charge in [-0.3, -0.25) is 4.79 Å². The van der Waals surface area contributed by atoms with Crippen LogP contribution in [0.1, 0.15) is 29.4 Å². The van der Waals surface area contributed by atoms with E-state index in [1.807, 2.05) is 18.5 Å². The maximum Gasteiger partial charge on any atom is 0.223 e. The molecule has 1 fully saturated rings. The van der Waals surface area contributed by atoms with E-state index in [0.29, 0.717) is 25.6 Å². The molecule has 0 spiro atoms. The molecule has 2 aromatic heterocycles. The van der Waals surface area contributed by atoms with Crippen molar-refractivity contribution in [3.8, 4) is 0 Å². The second-order valence-corrected chi connectivity index (χ2v) is 7.67. The number of guanidine groups is 1. The third-order valence-corrected chi connectivity index (χ3v) is 5.41. The van der Waals surface area contributed by atoms with E-state index < -0.39 is 0 Å². The largest absolute Gasteiger partial charge is 0.356 e. The molecular weight excluding hydrogens is 362 g/mol. The zero-order valence-corrected chi connectivity index (χ0v) is 16.7. The molecule has 0 aliphatic heterocycles. The van der Waals surface area contributed by atoms with Gasteiger partial charge < -0.3 is 20.5 Å². The number of hydrogen-bond donors (Lipinski definition) is 3. The summed E-state index contributed by atoms with van der Waals surface area (Å²) in [6.45, 7) is 4.37. The smallest absolute Gasteiger partial charge is 0.223 e. The quantitative estimate of drug-likeness (QED) is 0.338. The van der Waals surface area contributed by atoms with Crippen molar-refractivity contribution in [3.63, 3.8) is 0 Å². The average Bonchev–Trinajstić information content (AvgIpc) is 3.31. The maximum atomic E-state index is 11.7. The Kier molecular flexibility index (Phi) is 6.80. The highest BCUT2D eigenvalue weighted by Crippen LogP contribution is 2.28. The zero-order valence-electron chi connectivity index (χ0n) is 15.9. The molecule has 3 rings (SSSR count). The molecule has 0 unspecified atom stereocenters. The van der Waals surface area contributed by atoms with Gasteiger partial charge in [-0.15, -0.1) is 21.5 Å². The van der Waals surface area contributed by atoms with Gasteiger partial charge in [0.15, 0.2) is 11.8 Å². The highest BCUT2D eigenvalue weighted by atomic mass is 32.1. The summed E-state index contributed by atoms with van der Waals surface area (Å²) >= 11 is 1.75. The minimum absolute atomic E-state index is 0.163. The molecule has 1 aliphatic rings. The van der Waals surface area contributed by atoms with Crippen LogP contribution in [0.2, 0.25) is 0 Å². The molecule has 0 radical (unpaired) electrons. The van der Waals surface area contributed by atoms with Crippen LogP contribution in [0.25, 0.3) is 0 Å². The van der Waals surface area contributed by atoms with Crippen LogP contribution in [0.5, 0.6) is 0 Å². The topological polar surface area (TPSA) is 96.2 Å². The van der Waals surface area contributed by atoms with E-state index >= 15 is 0 Å². The number of carbonyl (C=O) groups is 1. The van der Waals surface area contributed by atoms with E-state index in [4.69, 9.17) is 0 Å². The lowest BCUT2D eigenvalue weighted by Gasteiger charge is -2.13. The highest BCUT2D eigenvalue weighted by molar-refractivity contribution is 7.09. The first kappa shape index (κ1) is 19.3. The van der Waals surface area contributed by atoms with Crippen LogP contribution in [0, 0.1) is 12.8 Å². The van der Waals surface area contributed by atoms with Gasteiger partial charge in [0.1, 0.15) is 12.4 Å². The Morgan fingerprint density at radius 1 is 1.26 bits per heavy atom. The van der Waals surface area contributed by atoms with Crippen molar-refractivity contribution in [2.75, 3.05) is 19.6 Å². The molecule has 0 atom stereocenters. The van der Waals surface area contributed by atoms with Crippen LogP contribution in [0.4, 0.5) is 0 Å². The first-order valence-electron chi connectivity index (χ1n) is 9.30. The monoisotopic (exact) mass is 389 g/mol. The number of nitrogens with one attached hydrogen (secondary N) is 3. The van der Waals surface area contributed by atoms with Crippen molar-refractivity contribution >= 4 is 23.2 Å². The van der Waals surface area contributed by atoms with E-state index in [9.17, 15) is 4.79 Å². The second-order valence-electron chi connectivity index (χ2n) is 6.64. The molecule has 9 heteroatoms. The van der Waals surface area contributed by atoms with Gasteiger partial charge in [-0.25, -0.2) is 4.99 Å². The van der Waals surface area contributed by atoms with Gasteiger partial charge in [-0.1, -0.05) is 6.07 Å². The molecule has 0 bridgehead atoms. The molecule has 27 heavy (non-hydrogen) atoms. The highest BCUT2D eigenvalue weighted by Gasteiger charge is 2.28. The molecule has 0 saturated heterocycles. The summed E-state index contributed by atoms with van der Waals surface area (Å²) < 4.78 is 1.93. The van der Waals surface area contributed by atoms with Crippen LogP contribution >= 0.6 is 11.3 Å². The van der Waals surface area contributed by atoms with E-state index in [1.54, 1.807) is 11.3 Å². The van der Waals surface area contributed by atoms with Crippen molar-refractivity contribution in [1.82, 2.24) is 30.7 Å². The van der Waals surface area contributed by atoms with Crippen LogP contribution < -0.4 is 16.0 Å². The summed E-state index contributed by atoms with van der Waals surface area (Å²) in [7, 11) is 1.94. The Morgan fingerprint density at radius 3 is 2.70 bits per heavy atom. The molecule has 8 nitrogen and oxygen atoms in total. The first-order valence-corrected chi connectivity index (χ1v) is 10.2. The molecular formula is C18H27N7OS. The lowest BCUT2D eigenvalue weighted by atomic mass is 10.3. The Hall–Kier alpha value is -2.42. The fourth-order valence-electron chi connectivity index (χ4n) is 2.53. The summed E-state index contributed by atoms with van der Waals surface area (Å²) in [6, 6.07) is 4.19. The van der Waals surface area contributed by atoms with Gasteiger partial charge in [0.2, 0.25) is 5.91 Å². The van der Waals surface area contributed by atoms with Crippen molar-refractivity contribution in [2.45, 2.75) is 32.7 Å². The Labute approximate surface area is 163 Å². The third-order valence-electron chi connectivity index (χ3n) is 4.47. The minimum atomic E-state index is 0.163. The molecule has 2 heterocycles. The molecule has 0 aromatic carbocycles. The lowest BCUT2D eigenvalue weighted by molar-refractivity contribution is -0.122. The molecule has 146 valence electrons. The second kappa shape index (κ2) is 9.50. The number of aliphatic imine (C=N–C) groups is 1. The summed E-state index contributed by atoms with van der Waals surface area (Å²) in [6.07, 6.45) is 2.99. The minimum Gasteiger partial charge on any atom is -0.356 e. The Bertz CT molecular complexity index is 765. The summed E-state index contributed by atoms with van der Waals surface area (Å²) in [4.78, 5) is 17.7. The molecule has 1 aliphatic carbocycles. The first-order chi connectivity index (χ1) is 13.1. The fraction of sp³-hybridized carbons (Fsp3) is 0.556. The SMILES string of the molecule is Cc1nnc(CN=C(NCCNC(=O)C2CC2)NCCc2cccs2)n1C. The van der Waals surface area contributed by atoms with Gasteiger partial charge in [0, 0.05) is 37.5 Å². The van der Waals surface area contributed by atoms with Crippen LogP contribution in [-0.4, -0.2) is 46.3 Å². The van der Waals surface area contributed by atoms with E-state index in [2.05, 4.69) is 48.7 Å². The maximum absolute atomic E-state index is 11.7. The predicted molar refractivity (Wildman–Crippen MR) is 107 cm³/mol. The van der Waals surface area contributed by atoms with Crippen molar-refractivity contribution in [3.05, 3.63) is 34.0 Å². The number of aromatic nitrogens is 3. The van der Waals surface area contributed by atoms with Gasteiger partial charge in [-0.05, 0) is 37.6 Å². The lowest BCUT2D eigenvalue weighted by Crippen LogP contribution is -2.42. The van der Waals surface area contributed by atoms with E-state index in [1.165, 1.54) is 4.88 Å². The number of hydrogen-bond acceptors (Lipinski definition) is 5. The van der Waals surface area contributed by atoms with Gasteiger partial charge in [0.05, 0.1) is 0 Å². The standard InChI is InChI=1S/C18H27N7OS/c1-13-23-24-16(25(13)2)12-22-18(20-8-7-15-4-3-11-27-15)21-10-9-19-17(26)14-5-6-14/h3-4,11,14H,5-10,12H2,1-2H3,(H,19,26)(H2,20,21,22). The number of carbonyl (C=O) groups excluding carboxylic acids is 1. The van der Waals surface area contributed by atoms with E-state index in [-0.39, 0.29) is 11.8 Å². The third kappa shape index (κ3) is 6.06. The molecule has 1 amide bonds. The van der Waals surface area contributed by atoms with Gasteiger partial charge >= 0.3 is 0 Å². The average molecular weight is 390 g/mol. The fourth-order valence-corrected chi connectivity index (χ4v) is 3.24. The van der Waals surface area contributed by atoms with E-state index in [0.717, 1.165) is 37.5 Å². The number of nitrogens with zero attached hydrogens (tertiary/aromatic N) is 4.